The van der Waals surface area contributed by atoms with Crippen LogP contribution in [0.2, 0.25) is 0 Å². The van der Waals surface area contributed by atoms with Crippen molar-refractivity contribution in [3.05, 3.63) is 72.1 Å². The minimum Gasteiger partial charge on any atom is -0.269 e. The van der Waals surface area contributed by atoms with Gasteiger partial charge < -0.3 is 0 Å². The Balaban J connectivity index is 1.83. The molecule has 6 nitrogen and oxygen atoms in total. The Morgan fingerprint density at radius 2 is 1.96 bits per heavy atom. The van der Waals surface area contributed by atoms with E-state index in [4.69, 9.17) is 0 Å². The van der Waals surface area contributed by atoms with Crippen LogP contribution in [0.15, 0.2) is 60.8 Å². The molecule has 3 N–H and O–H groups in total. The van der Waals surface area contributed by atoms with Gasteiger partial charge in [0.1, 0.15) is 11.8 Å². The molecular weight excluding hydrogens is 336 g/mol. The monoisotopic (exact) mass is 352 g/mol. The minimum atomic E-state index is -3.12. The van der Waals surface area contributed by atoms with E-state index in [1.807, 2.05) is 42.5 Å². The molecule has 0 aliphatic carbocycles. The maximum atomic E-state index is 10.5. The van der Waals surface area contributed by atoms with Gasteiger partial charge in [0, 0.05) is 18.1 Å². The van der Waals surface area contributed by atoms with E-state index in [-0.39, 0.29) is 6.04 Å². The number of hydrogen-bond donors (Lipinski definition) is 3. The summed E-state index contributed by atoms with van der Waals surface area (Å²) in [5.74, 6) is 0. The van der Waals surface area contributed by atoms with Crippen LogP contribution >= 0.6 is 11.0 Å². The molecule has 0 amide bonds. The Kier molecular flexibility index (Phi) is 3.82. The molecule has 126 valence electrons. The molecule has 25 heavy (non-hydrogen) atoms. The Morgan fingerprint density at radius 3 is 2.72 bits per heavy atom. The van der Waals surface area contributed by atoms with Gasteiger partial charge in [-0.05, 0) is 35.2 Å². The van der Waals surface area contributed by atoms with E-state index >= 15 is 0 Å². The molecule has 1 aliphatic heterocycles. The fourth-order valence-corrected chi connectivity index (χ4v) is 4.65. The third-order valence-electron chi connectivity index (χ3n) is 4.32. The first-order chi connectivity index (χ1) is 12.1. The number of aromatic nitrogens is 1. The van der Waals surface area contributed by atoms with Crippen LogP contribution < -0.4 is 9.03 Å². The molecule has 0 saturated carbocycles. The van der Waals surface area contributed by atoms with Gasteiger partial charge in [-0.25, -0.2) is 9.29 Å². The molecule has 1 saturated heterocycles. The molecular formula is C18H16N4O2S. The maximum Gasteiger partial charge on any atom is 0.148 e. The number of nitriles is 1. The van der Waals surface area contributed by atoms with Crippen molar-refractivity contribution >= 4 is 27.4 Å². The lowest BCUT2D eigenvalue weighted by atomic mass is 10.1. The van der Waals surface area contributed by atoms with Crippen LogP contribution in [0, 0.1) is 11.3 Å². The maximum absolute atomic E-state index is 10.5. The molecule has 2 aromatic carbocycles. The SMILES string of the molecule is N#Cc1nccc2cc(N3[C@H](c4ccccc4)CNS3(O)O)ccc12. The van der Waals surface area contributed by atoms with Gasteiger partial charge in [-0.2, -0.15) is 9.98 Å². The Morgan fingerprint density at radius 1 is 1.16 bits per heavy atom. The number of hydrogen-bond acceptors (Lipinski definition) is 6. The number of pyridine rings is 1. The fourth-order valence-electron chi connectivity index (χ4n) is 3.17. The third kappa shape index (κ3) is 2.71. The van der Waals surface area contributed by atoms with Crippen molar-refractivity contribution in [2.24, 2.45) is 0 Å². The van der Waals surface area contributed by atoms with Crippen molar-refractivity contribution < 1.29 is 9.11 Å². The zero-order valence-electron chi connectivity index (χ0n) is 13.2. The van der Waals surface area contributed by atoms with Gasteiger partial charge in [0.2, 0.25) is 0 Å². The molecule has 1 fully saturated rings. The van der Waals surface area contributed by atoms with E-state index in [1.165, 1.54) is 0 Å². The fraction of sp³-hybridized carbons (Fsp3) is 0.111. The third-order valence-corrected chi connectivity index (χ3v) is 5.89. The largest absolute Gasteiger partial charge is 0.269 e. The average Bonchev–Trinajstić information content (AvgIpc) is 2.96. The lowest BCUT2D eigenvalue weighted by molar-refractivity contribution is 0.480. The van der Waals surface area contributed by atoms with Crippen molar-refractivity contribution in [1.82, 2.24) is 9.71 Å². The van der Waals surface area contributed by atoms with E-state index in [2.05, 4.69) is 15.8 Å². The van der Waals surface area contributed by atoms with Crippen molar-refractivity contribution in [2.75, 3.05) is 10.8 Å². The van der Waals surface area contributed by atoms with Crippen molar-refractivity contribution in [3.8, 4) is 6.07 Å². The van der Waals surface area contributed by atoms with E-state index in [0.717, 1.165) is 16.3 Å². The first-order valence-corrected chi connectivity index (χ1v) is 9.26. The highest BCUT2D eigenvalue weighted by atomic mass is 32.3. The minimum absolute atomic E-state index is 0.194. The summed E-state index contributed by atoms with van der Waals surface area (Å²) in [6, 6.07) is 18.9. The smallest absolute Gasteiger partial charge is 0.148 e. The van der Waals surface area contributed by atoms with Crippen molar-refractivity contribution in [1.29, 1.82) is 5.26 Å². The molecule has 1 aromatic heterocycles. The lowest BCUT2D eigenvalue weighted by Crippen LogP contribution is -2.27. The van der Waals surface area contributed by atoms with E-state index < -0.39 is 11.0 Å². The Bertz CT molecular complexity index is 972. The van der Waals surface area contributed by atoms with Crippen molar-refractivity contribution in [3.63, 3.8) is 0 Å². The van der Waals surface area contributed by atoms with E-state index in [0.29, 0.717) is 17.9 Å². The highest BCUT2D eigenvalue weighted by molar-refractivity contribution is 8.24. The number of fused-ring (bicyclic) bond motifs is 1. The van der Waals surface area contributed by atoms with Gasteiger partial charge >= 0.3 is 0 Å². The van der Waals surface area contributed by atoms with Gasteiger partial charge in [-0.1, -0.05) is 41.3 Å². The molecule has 1 aliphatic rings. The summed E-state index contributed by atoms with van der Waals surface area (Å²) in [6.45, 7) is 0.435. The second kappa shape index (κ2) is 6.02. The molecule has 3 aromatic rings. The van der Waals surface area contributed by atoms with E-state index in [1.54, 1.807) is 22.6 Å². The van der Waals surface area contributed by atoms with Crippen LogP contribution in [0.3, 0.4) is 0 Å². The molecule has 1 atom stereocenters. The summed E-state index contributed by atoms with van der Waals surface area (Å²) < 4.78 is 25.4. The second-order valence-corrected chi connectivity index (χ2v) is 7.52. The van der Waals surface area contributed by atoms with Gasteiger partial charge in [0.25, 0.3) is 0 Å². The van der Waals surface area contributed by atoms with Crippen molar-refractivity contribution in [2.45, 2.75) is 6.04 Å². The Hall–Kier alpha value is -2.63. The van der Waals surface area contributed by atoms with Gasteiger partial charge in [-0.3, -0.25) is 9.11 Å². The summed E-state index contributed by atoms with van der Waals surface area (Å²) in [6.07, 6.45) is 1.58. The number of nitrogens with one attached hydrogen (secondary N) is 1. The number of rotatable bonds is 2. The normalized spacial score (nSPS) is 20.4. The molecule has 0 bridgehead atoms. The van der Waals surface area contributed by atoms with Crippen LogP contribution in [0.1, 0.15) is 17.3 Å². The van der Waals surface area contributed by atoms with Gasteiger partial charge in [-0.15, -0.1) is 0 Å². The molecule has 0 radical (unpaired) electrons. The number of benzene rings is 2. The quantitative estimate of drug-likeness (QED) is 0.649. The lowest BCUT2D eigenvalue weighted by Gasteiger charge is -2.40. The predicted octanol–water partition coefficient (Wildman–Crippen LogP) is 3.84. The number of nitrogens with zero attached hydrogens (tertiary/aromatic N) is 3. The highest BCUT2D eigenvalue weighted by Gasteiger charge is 2.38. The summed E-state index contributed by atoms with van der Waals surface area (Å²) in [5, 5.41) is 10.8. The zero-order valence-corrected chi connectivity index (χ0v) is 14.0. The first-order valence-electron chi connectivity index (χ1n) is 7.76. The summed E-state index contributed by atoms with van der Waals surface area (Å²) in [4.78, 5) is 4.06. The standard InChI is InChI=1S/C18H16N4O2S/c19-11-17-16-7-6-15(10-14(16)8-9-20-17)22-18(12-21-25(22,23)24)13-4-2-1-3-5-13/h1-10,18,21,23-24H,12H2/t18-/m0/s1. The van der Waals surface area contributed by atoms with Crippen LogP contribution in [-0.2, 0) is 0 Å². The topological polar surface area (TPSA) is 92.4 Å². The van der Waals surface area contributed by atoms with Crippen LogP contribution in [0.4, 0.5) is 5.69 Å². The number of anilines is 1. The molecule has 0 spiro atoms. The Labute approximate surface area is 147 Å². The van der Waals surface area contributed by atoms with Gasteiger partial charge in [0.15, 0.2) is 0 Å². The summed E-state index contributed by atoms with van der Waals surface area (Å²) >= 11 is 0. The first kappa shape index (κ1) is 15.9. The molecule has 4 rings (SSSR count). The predicted molar refractivity (Wildman–Crippen MR) is 99.0 cm³/mol. The molecule has 7 heteroatoms. The van der Waals surface area contributed by atoms with E-state index in [9.17, 15) is 14.4 Å². The van der Waals surface area contributed by atoms with Crippen LogP contribution in [0.5, 0.6) is 0 Å². The summed E-state index contributed by atoms with van der Waals surface area (Å²) in [7, 11) is -3.12. The van der Waals surface area contributed by atoms with Gasteiger partial charge in [0.05, 0.1) is 11.7 Å². The summed E-state index contributed by atoms with van der Waals surface area (Å²) in [5.41, 5.74) is 2.04. The molecule has 0 unspecified atom stereocenters. The average molecular weight is 352 g/mol. The zero-order chi connectivity index (χ0) is 17.4. The second-order valence-electron chi connectivity index (χ2n) is 5.80. The highest BCUT2D eigenvalue weighted by Crippen LogP contribution is 2.53. The van der Waals surface area contributed by atoms with Crippen LogP contribution in [0.25, 0.3) is 10.8 Å². The van der Waals surface area contributed by atoms with Crippen LogP contribution in [-0.4, -0.2) is 20.6 Å². The molecule has 2 heterocycles.